The average Bonchev–Trinajstić information content (AvgIpc) is 2.53. The van der Waals surface area contributed by atoms with Gasteiger partial charge in [0.05, 0.1) is 11.2 Å². The van der Waals surface area contributed by atoms with Crippen LogP contribution in [0, 0.1) is 0 Å². The largest absolute Gasteiger partial charge is 0.480 e. The Morgan fingerprint density at radius 1 is 1.19 bits per heavy atom. The van der Waals surface area contributed by atoms with Crippen molar-refractivity contribution in [3.63, 3.8) is 0 Å². The van der Waals surface area contributed by atoms with Gasteiger partial charge >= 0.3 is 0 Å². The Balaban J connectivity index is 1.78. The minimum atomic E-state index is -0.328. The number of aliphatic hydroxyl groups is 1. The number of aliphatic hydroxyl groups excluding tert-OH is 1. The third-order valence-corrected chi connectivity index (χ3v) is 3.04. The zero-order chi connectivity index (χ0) is 14.7. The summed E-state index contributed by atoms with van der Waals surface area (Å²) in [4.78, 5) is 16.2. The van der Waals surface area contributed by atoms with Crippen LogP contribution in [0.1, 0.15) is 11.5 Å². The van der Waals surface area contributed by atoms with Gasteiger partial charge in [0.25, 0.3) is 0 Å². The molecule has 0 fully saturated rings. The first-order chi connectivity index (χ1) is 10.3. The Morgan fingerprint density at radius 3 is 2.86 bits per heavy atom. The zero-order valence-electron chi connectivity index (χ0n) is 11.2. The van der Waals surface area contributed by atoms with Gasteiger partial charge in [-0.1, -0.05) is 24.3 Å². The lowest BCUT2D eigenvalue weighted by Gasteiger charge is -2.06. The number of aromatic nitrogens is 1. The number of para-hydroxylation sites is 1. The van der Waals surface area contributed by atoms with Gasteiger partial charge in [-0.3, -0.25) is 4.79 Å². The number of hydrogen-bond acceptors (Lipinski definition) is 5. The highest BCUT2D eigenvalue weighted by Crippen LogP contribution is 2.13. The highest BCUT2D eigenvalue weighted by Gasteiger charge is 2.05. The van der Waals surface area contributed by atoms with E-state index in [0.717, 1.165) is 16.6 Å². The van der Waals surface area contributed by atoms with E-state index in [4.69, 9.17) is 14.3 Å². The van der Waals surface area contributed by atoms with Crippen LogP contribution in [0.5, 0.6) is 5.75 Å². The van der Waals surface area contributed by atoms with Crippen LogP contribution in [0.4, 0.5) is 0 Å². The number of rotatable bonds is 4. The first kappa shape index (κ1) is 13.3. The summed E-state index contributed by atoms with van der Waals surface area (Å²) in [5.41, 5.74) is 1.27. The molecule has 0 spiro atoms. The highest BCUT2D eigenvalue weighted by atomic mass is 16.5. The smallest absolute Gasteiger partial charge is 0.227 e. The average molecular weight is 283 g/mol. The van der Waals surface area contributed by atoms with Crippen LogP contribution in [-0.2, 0) is 13.2 Å². The molecule has 106 valence electrons. The fourth-order valence-electron chi connectivity index (χ4n) is 1.97. The molecule has 0 aliphatic rings. The SMILES string of the molecule is O=c1cc(CO)occ1OCc1ccc2ccccc2n1. The lowest BCUT2D eigenvalue weighted by atomic mass is 10.2. The predicted octanol–water partition coefficient (Wildman–Crippen LogP) is 2.26. The van der Waals surface area contributed by atoms with Gasteiger partial charge in [-0.25, -0.2) is 4.98 Å². The normalized spacial score (nSPS) is 10.7. The van der Waals surface area contributed by atoms with E-state index in [0.29, 0.717) is 0 Å². The van der Waals surface area contributed by atoms with Crippen molar-refractivity contribution in [2.24, 2.45) is 0 Å². The molecule has 2 aromatic heterocycles. The van der Waals surface area contributed by atoms with Gasteiger partial charge in [0.15, 0.2) is 0 Å². The van der Waals surface area contributed by atoms with Crippen LogP contribution in [0.3, 0.4) is 0 Å². The summed E-state index contributed by atoms with van der Waals surface area (Å²) in [5.74, 6) is 0.304. The summed E-state index contributed by atoms with van der Waals surface area (Å²) in [6.45, 7) is -0.143. The quantitative estimate of drug-likeness (QED) is 0.795. The molecule has 0 saturated heterocycles. The minimum absolute atomic E-state index is 0.0992. The summed E-state index contributed by atoms with van der Waals surface area (Å²) in [7, 11) is 0. The first-order valence-electron chi connectivity index (χ1n) is 6.46. The number of nitrogens with zero attached hydrogens (tertiary/aromatic N) is 1. The monoisotopic (exact) mass is 283 g/mol. The number of ether oxygens (including phenoxy) is 1. The van der Waals surface area contributed by atoms with Crippen LogP contribution < -0.4 is 10.2 Å². The maximum absolute atomic E-state index is 11.7. The molecule has 0 aliphatic carbocycles. The molecular weight excluding hydrogens is 270 g/mol. The molecular formula is C16H13NO4. The van der Waals surface area contributed by atoms with Gasteiger partial charge < -0.3 is 14.3 Å². The van der Waals surface area contributed by atoms with E-state index in [9.17, 15) is 4.79 Å². The summed E-state index contributed by atoms with van der Waals surface area (Å²) >= 11 is 0. The zero-order valence-corrected chi connectivity index (χ0v) is 11.2. The van der Waals surface area contributed by atoms with Crippen molar-refractivity contribution < 1.29 is 14.3 Å². The van der Waals surface area contributed by atoms with Crippen molar-refractivity contribution in [3.05, 3.63) is 70.4 Å². The van der Waals surface area contributed by atoms with Gasteiger partial charge in [0.2, 0.25) is 11.2 Å². The summed E-state index contributed by atoms with van der Waals surface area (Å²) in [6, 6.07) is 12.8. The predicted molar refractivity (Wildman–Crippen MR) is 77.0 cm³/mol. The number of pyridine rings is 1. The Hall–Kier alpha value is -2.66. The van der Waals surface area contributed by atoms with Gasteiger partial charge in [-0.15, -0.1) is 0 Å². The van der Waals surface area contributed by atoms with E-state index in [1.165, 1.54) is 12.3 Å². The lowest BCUT2D eigenvalue weighted by Crippen LogP contribution is -2.08. The molecule has 0 amide bonds. The van der Waals surface area contributed by atoms with Crippen molar-refractivity contribution >= 4 is 10.9 Å². The van der Waals surface area contributed by atoms with Crippen LogP contribution >= 0.6 is 0 Å². The van der Waals surface area contributed by atoms with E-state index < -0.39 is 0 Å². The van der Waals surface area contributed by atoms with E-state index in [1.807, 2.05) is 36.4 Å². The Bertz CT molecular complexity index is 826. The van der Waals surface area contributed by atoms with Crippen molar-refractivity contribution in [3.8, 4) is 5.75 Å². The summed E-state index contributed by atoms with van der Waals surface area (Å²) < 4.78 is 10.5. The fraction of sp³-hybridized carbons (Fsp3) is 0.125. The molecule has 0 unspecified atom stereocenters. The van der Waals surface area contributed by atoms with Gasteiger partial charge in [-0.2, -0.15) is 0 Å². The first-order valence-corrected chi connectivity index (χ1v) is 6.46. The second-order valence-electron chi connectivity index (χ2n) is 4.52. The van der Waals surface area contributed by atoms with E-state index >= 15 is 0 Å². The minimum Gasteiger partial charge on any atom is -0.480 e. The molecule has 0 aliphatic heterocycles. The fourth-order valence-corrected chi connectivity index (χ4v) is 1.97. The van der Waals surface area contributed by atoms with Crippen molar-refractivity contribution in [1.29, 1.82) is 0 Å². The van der Waals surface area contributed by atoms with Crippen molar-refractivity contribution in [1.82, 2.24) is 4.98 Å². The molecule has 0 atom stereocenters. The molecule has 1 aromatic carbocycles. The Kier molecular flexibility index (Phi) is 3.66. The van der Waals surface area contributed by atoms with Crippen LogP contribution in [0.25, 0.3) is 10.9 Å². The maximum atomic E-state index is 11.7. The second-order valence-corrected chi connectivity index (χ2v) is 4.52. The van der Waals surface area contributed by atoms with E-state index in [-0.39, 0.29) is 30.2 Å². The molecule has 0 radical (unpaired) electrons. The number of fused-ring (bicyclic) bond motifs is 1. The molecule has 5 heteroatoms. The van der Waals surface area contributed by atoms with Crippen LogP contribution in [0.2, 0.25) is 0 Å². The maximum Gasteiger partial charge on any atom is 0.227 e. The number of benzene rings is 1. The van der Waals surface area contributed by atoms with E-state index in [1.54, 1.807) is 0 Å². The molecule has 3 aromatic rings. The summed E-state index contributed by atoms with van der Waals surface area (Å²) in [6.07, 6.45) is 1.20. The standard InChI is InChI=1S/C16H13NO4/c18-8-13-7-15(19)16(10-20-13)21-9-12-6-5-11-3-1-2-4-14(11)17-12/h1-7,10,18H,8-9H2. The molecule has 1 N–H and O–H groups in total. The Labute approximate surface area is 120 Å². The van der Waals surface area contributed by atoms with Crippen molar-refractivity contribution in [2.75, 3.05) is 0 Å². The summed E-state index contributed by atoms with van der Waals surface area (Å²) in [5, 5.41) is 9.93. The molecule has 0 saturated carbocycles. The van der Waals surface area contributed by atoms with E-state index in [2.05, 4.69) is 4.98 Å². The molecule has 0 bridgehead atoms. The van der Waals surface area contributed by atoms with Crippen LogP contribution in [0.15, 0.2) is 57.9 Å². The molecule has 2 heterocycles. The van der Waals surface area contributed by atoms with Gasteiger partial charge in [0.1, 0.15) is 25.2 Å². The van der Waals surface area contributed by atoms with Gasteiger partial charge in [0, 0.05) is 11.5 Å². The third kappa shape index (κ3) is 2.93. The van der Waals surface area contributed by atoms with Crippen molar-refractivity contribution in [2.45, 2.75) is 13.2 Å². The second kappa shape index (κ2) is 5.76. The molecule has 21 heavy (non-hydrogen) atoms. The Morgan fingerprint density at radius 2 is 2.05 bits per heavy atom. The topological polar surface area (TPSA) is 72.6 Å². The lowest BCUT2D eigenvalue weighted by molar-refractivity contribution is 0.235. The molecule has 5 nitrogen and oxygen atoms in total. The van der Waals surface area contributed by atoms with Crippen LogP contribution in [-0.4, -0.2) is 10.1 Å². The molecule has 3 rings (SSSR count). The number of hydrogen-bond donors (Lipinski definition) is 1. The third-order valence-electron chi connectivity index (χ3n) is 3.04. The van der Waals surface area contributed by atoms with Gasteiger partial charge in [-0.05, 0) is 12.1 Å². The highest BCUT2D eigenvalue weighted by molar-refractivity contribution is 5.78.